The van der Waals surface area contributed by atoms with Crippen molar-refractivity contribution in [3.63, 3.8) is 0 Å². The van der Waals surface area contributed by atoms with E-state index in [1.807, 2.05) is 0 Å². The van der Waals surface area contributed by atoms with Crippen LogP contribution in [-0.4, -0.2) is 17.8 Å². The molecule has 0 radical (unpaired) electrons. The second-order valence-corrected chi connectivity index (χ2v) is 3.61. The second-order valence-electron chi connectivity index (χ2n) is 3.61. The normalized spacial score (nSPS) is 15.0. The average molecular weight is 215 g/mol. The Kier molecular flexibility index (Phi) is 4.17. The van der Waals surface area contributed by atoms with Crippen LogP contribution in [0.15, 0.2) is 18.2 Å². The van der Waals surface area contributed by atoms with Crippen LogP contribution in [-0.2, 0) is 0 Å². The molecule has 2 nitrogen and oxygen atoms in total. The Morgan fingerprint density at radius 2 is 1.80 bits per heavy atom. The number of hydrogen-bond donors (Lipinski definition) is 2. The fraction of sp³-hybridized carbons (Fsp3) is 0.455. The molecular formula is C11H15F2NO. The molecule has 4 heteroatoms. The first-order valence-electron chi connectivity index (χ1n) is 4.87. The van der Waals surface area contributed by atoms with E-state index in [1.54, 1.807) is 13.8 Å². The van der Waals surface area contributed by atoms with E-state index < -0.39 is 23.8 Å². The van der Waals surface area contributed by atoms with Gasteiger partial charge in [0.25, 0.3) is 0 Å². The van der Waals surface area contributed by atoms with E-state index in [4.69, 9.17) is 5.11 Å². The van der Waals surface area contributed by atoms with E-state index in [9.17, 15) is 8.78 Å². The van der Waals surface area contributed by atoms with E-state index in [0.717, 1.165) is 0 Å². The zero-order valence-corrected chi connectivity index (χ0v) is 8.80. The predicted octanol–water partition coefficient (Wildman–Crippen LogP) is 2.00. The van der Waals surface area contributed by atoms with Crippen LogP contribution in [0.1, 0.15) is 25.5 Å². The molecule has 0 saturated heterocycles. The Hall–Kier alpha value is -1.00. The maximum Gasteiger partial charge on any atom is 0.130 e. The lowest BCUT2D eigenvalue weighted by atomic mass is 10.1. The van der Waals surface area contributed by atoms with Gasteiger partial charge in [0.1, 0.15) is 11.6 Å². The van der Waals surface area contributed by atoms with Crippen molar-refractivity contribution in [2.75, 3.05) is 6.54 Å². The van der Waals surface area contributed by atoms with Crippen LogP contribution >= 0.6 is 0 Å². The molecule has 0 spiro atoms. The van der Waals surface area contributed by atoms with Gasteiger partial charge in [-0.15, -0.1) is 0 Å². The summed E-state index contributed by atoms with van der Waals surface area (Å²) >= 11 is 0. The van der Waals surface area contributed by atoms with E-state index in [1.165, 1.54) is 18.2 Å². The third kappa shape index (κ3) is 3.25. The van der Waals surface area contributed by atoms with Crippen LogP contribution in [0.2, 0.25) is 0 Å². The van der Waals surface area contributed by atoms with Gasteiger partial charge in [0.15, 0.2) is 0 Å². The van der Waals surface area contributed by atoms with Crippen LogP contribution in [0.5, 0.6) is 0 Å². The minimum Gasteiger partial charge on any atom is -0.392 e. The molecule has 0 aliphatic heterocycles. The molecule has 84 valence electrons. The summed E-state index contributed by atoms with van der Waals surface area (Å²) < 4.78 is 26.6. The third-order valence-corrected chi connectivity index (χ3v) is 2.15. The van der Waals surface area contributed by atoms with Crippen LogP contribution in [0.3, 0.4) is 0 Å². The molecule has 2 atom stereocenters. The lowest BCUT2D eigenvalue weighted by Gasteiger charge is -2.16. The van der Waals surface area contributed by atoms with E-state index in [-0.39, 0.29) is 5.56 Å². The highest BCUT2D eigenvalue weighted by atomic mass is 19.1. The van der Waals surface area contributed by atoms with Gasteiger partial charge in [-0.05, 0) is 26.0 Å². The van der Waals surface area contributed by atoms with Crippen LogP contribution in [0.4, 0.5) is 8.78 Å². The average Bonchev–Trinajstić information content (AvgIpc) is 2.14. The van der Waals surface area contributed by atoms with Gasteiger partial charge >= 0.3 is 0 Å². The first-order chi connectivity index (χ1) is 7.02. The smallest absolute Gasteiger partial charge is 0.130 e. The molecule has 0 saturated carbocycles. The lowest BCUT2D eigenvalue weighted by molar-refractivity contribution is 0.186. The van der Waals surface area contributed by atoms with Crippen LogP contribution in [0, 0.1) is 11.6 Å². The third-order valence-electron chi connectivity index (χ3n) is 2.15. The molecule has 0 aromatic heterocycles. The second kappa shape index (κ2) is 5.19. The molecule has 0 bridgehead atoms. The highest BCUT2D eigenvalue weighted by Gasteiger charge is 2.15. The van der Waals surface area contributed by atoms with E-state index in [2.05, 4.69) is 5.32 Å². The Morgan fingerprint density at radius 3 is 2.27 bits per heavy atom. The number of hydrogen-bond acceptors (Lipinski definition) is 2. The number of aliphatic hydroxyl groups is 1. The summed E-state index contributed by atoms with van der Waals surface area (Å²) in [6.07, 6.45) is -0.540. The van der Waals surface area contributed by atoms with Crippen molar-refractivity contribution < 1.29 is 13.9 Å². The highest BCUT2D eigenvalue weighted by Crippen LogP contribution is 2.19. The van der Waals surface area contributed by atoms with Crippen molar-refractivity contribution in [1.29, 1.82) is 0 Å². The van der Waals surface area contributed by atoms with Gasteiger partial charge in [0, 0.05) is 18.2 Å². The minimum absolute atomic E-state index is 0.0122. The standard InChI is InChI=1S/C11H15F2NO/c1-7(15)6-14-8(2)11-9(12)4-3-5-10(11)13/h3-5,7-8,14-15H,6H2,1-2H3. The molecule has 0 heterocycles. The largest absolute Gasteiger partial charge is 0.392 e. The monoisotopic (exact) mass is 215 g/mol. The molecule has 0 amide bonds. The summed E-state index contributed by atoms with van der Waals surface area (Å²) in [5.41, 5.74) is 0.0122. The van der Waals surface area contributed by atoms with Crippen LogP contribution in [0.25, 0.3) is 0 Å². The fourth-order valence-electron chi connectivity index (χ4n) is 1.37. The first-order valence-corrected chi connectivity index (χ1v) is 4.87. The first kappa shape index (κ1) is 12.1. The molecule has 0 aliphatic rings. The maximum absolute atomic E-state index is 13.3. The van der Waals surface area contributed by atoms with Crippen molar-refractivity contribution in [2.45, 2.75) is 26.0 Å². The summed E-state index contributed by atoms with van der Waals surface area (Å²) in [5, 5.41) is 11.9. The number of aliphatic hydroxyl groups excluding tert-OH is 1. The Labute approximate surface area is 87.9 Å². The van der Waals surface area contributed by atoms with Crippen molar-refractivity contribution in [3.05, 3.63) is 35.4 Å². The molecule has 15 heavy (non-hydrogen) atoms. The van der Waals surface area contributed by atoms with Gasteiger partial charge in [0.2, 0.25) is 0 Å². The maximum atomic E-state index is 13.3. The topological polar surface area (TPSA) is 32.3 Å². The molecule has 1 aromatic rings. The van der Waals surface area contributed by atoms with Crippen molar-refractivity contribution in [3.8, 4) is 0 Å². The summed E-state index contributed by atoms with van der Waals surface area (Å²) in [7, 11) is 0. The van der Waals surface area contributed by atoms with Crippen LogP contribution < -0.4 is 5.32 Å². The molecule has 1 aromatic carbocycles. The zero-order chi connectivity index (χ0) is 11.4. The SMILES string of the molecule is CC(O)CNC(C)c1c(F)cccc1F. The number of nitrogens with one attached hydrogen (secondary N) is 1. The number of benzene rings is 1. The number of halogens is 2. The van der Waals surface area contributed by atoms with Crippen molar-refractivity contribution in [2.24, 2.45) is 0 Å². The van der Waals surface area contributed by atoms with Gasteiger partial charge in [-0.25, -0.2) is 8.78 Å². The molecule has 0 fully saturated rings. The van der Waals surface area contributed by atoms with Crippen molar-refractivity contribution in [1.82, 2.24) is 5.32 Å². The van der Waals surface area contributed by atoms with Gasteiger partial charge in [-0.2, -0.15) is 0 Å². The highest BCUT2D eigenvalue weighted by molar-refractivity contribution is 5.22. The Balaban J connectivity index is 2.77. The molecule has 2 N–H and O–H groups in total. The van der Waals surface area contributed by atoms with Gasteiger partial charge in [-0.3, -0.25) is 0 Å². The minimum atomic E-state index is -0.569. The molecular weight excluding hydrogens is 200 g/mol. The quantitative estimate of drug-likeness (QED) is 0.805. The zero-order valence-electron chi connectivity index (χ0n) is 8.80. The summed E-state index contributed by atoms with van der Waals surface area (Å²) in [6.45, 7) is 3.57. The van der Waals surface area contributed by atoms with Gasteiger partial charge in [0.05, 0.1) is 6.10 Å². The van der Waals surface area contributed by atoms with Crippen molar-refractivity contribution >= 4 is 0 Å². The summed E-state index contributed by atoms with van der Waals surface area (Å²) in [4.78, 5) is 0. The van der Waals surface area contributed by atoms with E-state index >= 15 is 0 Å². The lowest BCUT2D eigenvalue weighted by Crippen LogP contribution is -2.28. The summed E-state index contributed by atoms with van der Waals surface area (Å²) in [5.74, 6) is -1.14. The Bertz CT molecular complexity index is 308. The predicted molar refractivity (Wildman–Crippen MR) is 54.5 cm³/mol. The fourth-order valence-corrected chi connectivity index (χ4v) is 1.37. The Morgan fingerprint density at radius 1 is 1.27 bits per heavy atom. The molecule has 1 rings (SSSR count). The molecule has 2 unspecified atom stereocenters. The van der Waals surface area contributed by atoms with Gasteiger partial charge in [-0.1, -0.05) is 6.07 Å². The summed E-state index contributed by atoms with van der Waals surface area (Å²) in [6, 6.07) is 3.31. The van der Waals surface area contributed by atoms with E-state index in [0.29, 0.717) is 6.54 Å². The molecule has 0 aliphatic carbocycles. The number of rotatable bonds is 4. The van der Waals surface area contributed by atoms with Gasteiger partial charge < -0.3 is 10.4 Å².